The van der Waals surface area contributed by atoms with Crippen LogP contribution in [0.2, 0.25) is 0 Å². The van der Waals surface area contributed by atoms with Crippen molar-refractivity contribution in [3.8, 4) is 5.75 Å². The Bertz CT molecular complexity index is 880. The van der Waals surface area contributed by atoms with Crippen LogP contribution in [0, 0.1) is 0 Å². The van der Waals surface area contributed by atoms with Crippen LogP contribution in [0.25, 0.3) is 0 Å². The van der Waals surface area contributed by atoms with Crippen LogP contribution in [-0.4, -0.2) is 43.7 Å². The summed E-state index contributed by atoms with van der Waals surface area (Å²) in [6.07, 6.45) is 0.564. The number of aromatic nitrogens is 2. The number of carbonyl (C=O) groups excluding carboxylic acids is 1. The van der Waals surface area contributed by atoms with Crippen LogP contribution in [0.1, 0.15) is 40.8 Å². The van der Waals surface area contributed by atoms with E-state index in [9.17, 15) is 19.5 Å². The molecule has 1 fully saturated rings. The second kappa shape index (κ2) is 7.26. The fraction of sp³-hybridized carbons (Fsp3) is 0.294. The van der Waals surface area contributed by atoms with Gasteiger partial charge in [0.05, 0.1) is 6.04 Å². The van der Waals surface area contributed by atoms with E-state index in [1.54, 1.807) is 0 Å². The van der Waals surface area contributed by atoms with Gasteiger partial charge in [-0.15, -0.1) is 0 Å². The molecule has 1 amide bonds. The molecule has 1 atom stereocenters. The molecule has 1 aliphatic heterocycles. The molecule has 0 unspecified atom stereocenters. The molecule has 3 N–H and O–H groups in total. The van der Waals surface area contributed by atoms with Gasteiger partial charge >= 0.3 is 12.1 Å². The molecule has 0 spiro atoms. The fourth-order valence-corrected chi connectivity index (χ4v) is 2.86. The SMILES string of the molecule is O=C(O)c1nc([C@H]2CCCN2C(=O)OCc2ccccc2)[nH]c(=O)c1O. The van der Waals surface area contributed by atoms with Gasteiger partial charge in [-0.25, -0.2) is 14.6 Å². The highest BCUT2D eigenvalue weighted by atomic mass is 16.6. The summed E-state index contributed by atoms with van der Waals surface area (Å²) in [5, 5.41) is 18.6. The maximum atomic E-state index is 12.4. The predicted octanol–water partition coefficient (Wildman–Crippen LogP) is 1.65. The normalized spacial score (nSPS) is 16.5. The molecular formula is C17H17N3O6. The van der Waals surface area contributed by atoms with E-state index in [-0.39, 0.29) is 12.4 Å². The quantitative estimate of drug-likeness (QED) is 0.756. The lowest BCUT2D eigenvalue weighted by Crippen LogP contribution is -2.33. The van der Waals surface area contributed by atoms with Gasteiger partial charge in [0.1, 0.15) is 12.4 Å². The van der Waals surface area contributed by atoms with Crippen molar-refractivity contribution >= 4 is 12.1 Å². The molecule has 3 rings (SSSR count). The number of carboxylic acids is 1. The van der Waals surface area contributed by atoms with E-state index in [2.05, 4.69) is 9.97 Å². The monoisotopic (exact) mass is 359 g/mol. The number of H-pyrrole nitrogens is 1. The minimum atomic E-state index is -1.52. The molecule has 9 heteroatoms. The van der Waals surface area contributed by atoms with Crippen molar-refractivity contribution in [1.82, 2.24) is 14.9 Å². The molecule has 0 radical (unpaired) electrons. The Kier molecular flexibility index (Phi) is 4.87. The molecule has 0 bridgehead atoms. The largest absolute Gasteiger partial charge is 0.501 e. The number of aromatic hydroxyl groups is 1. The third-order valence-corrected chi connectivity index (χ3v) is 4.12. The van der Waals surface area contributed by atoms with Gasteiger partial charge in [-0.1, -0.05) is 30.3 Å². The number of hydrogen-bond acceptors (Lipinski definition) is 6. The number of carboxylic acid groups (broad SMARTS) is 1. The Morgan fingerprint density at radius 1 is 1.31 bits per heavy atom. The molecular weight excluding hydrogens is 342 g/mol. The third-order valence-electron chi connectivity index (χ3n) is 4.12. The number of likely N-dealkylation sites (tertiary alicyclic amines) is 1. The topological polar surface area (TPSA) is 133 Å². The van der Waals surface area contributed by atoms with Crippen molar-refractivity contribution < 1.29 is 24.5 Å². The number of aromatic amines is 1. The molecule has 2 aromatic rings. The Hall–Kier alpha value is -3.36. The van der Waals surface area contributed by atoms with Crippen molar-refractivity contribution in [1.29, 1.82) is 0 Å². The van der Waals surface area contributed by atoms with Crippen molar-refractivity contribution in [2.45, 2.75) is 25.5 Å². The van der Waals surface area contributed by atoms with Gasteiger partial charge < -0.3 is 19.9 Å². The summed E-state index contributed by atoms with van der Waals surface area (Å²) in [5.74, 6) is -2.47. The lowest BCUT2D eigenvalue weighted by atomic mass is 10.2. The third kappa shape index (κ3) is 3.51. The predicted molar refractivity (Wildman–Crippen MR) is 88.8 cm³/mol. The summed E-state index contributed by atoms with van der Waals surface area (Å²) in [5.41, 5.74) is -0.869. The zero-order chi connectivity index (χ0) is 18.7. The molecule has 1 saturated heterocycles. The van der Waals surface area contributed by atoms with E-state index in [1.807, 2.05) is 30.3 Å². The van der Waals surface area contributed by atoms with E-state index in [0.717, 1.165) is 5.56 Å². The summed E-state index contributed by atoms with van der Waals surface area (Å²) >= 11 is 0. The van der Waals surface area contributed by atoms with Crippen molar-refractivity contribution in [3.05, 3.63) is 57.8 Å². The van der Waals surface area contributed by atoms with Crippen LogP contribution in [0.15, 0.2) is 35.1 Å². The van der Waals surface area contributed by atoms with Crippen LogP contribution < -0.4 is 5.56 Å². The van der Waals surface area contributed by atoms with Crippen LogP contribution >= 0.6 is 0 Å². The lowest BCUT2D eigenvalue weighted by Gasteiger charge is -2.23. The Morgan fingerprint density at radius 3 is 2.73 bits per heavy atom. The van der Waals surface area contributed by atoms with E-state index in [0.29, 0.717) is 19.4 Å². The van der Waals surface area contributed by atoms with Crippen LogP contribution in [0.5, 0.6) is 5.75 Å². The summed E-state index contributed by atoms with van der Waals surface area (Å²) in [6, 6.07) is 8.56. The summed E-state index contributed by atoms with van der Waals surface area (Å²) in [7, 11) is 0. The molecule has 136 valence electrons. The second-order valence-electron chi connectivity index (χ2n) is 5.85. The molecule has 1 aromatic heterocycles. The van der Waals surface area contributed by atoms with Crippen molar-refractivity contribution in [3.63, 3.8) is 0 Å². The summed E-state index contributed by atoms with van der Waals surface area (Å²) in [4.78, 5) is 42.8. The van der Waals surface area contributed by atoms with Gasteiger partial charge in [-0.2, -0.15) is 0 Å². The van der Waals surface area contributed by atoms with Gasteiger partial charge in [-0.3, -0.25) is 9.69 Å². The Balaban J connectivity index is 1.79. The minimum absolute atomic E-state index is 0.0133. The molecule has 1 aliphatic rings. The Morgan fingerprint density at radius 2 is 2.04 bits per heavy atom. The molecule has 0 saturated carbocycles. The van der Waals surface area contributed by atoms with E-state index < -0.39 is 35.1 Å². The van der Waals surface area contributed by atoms with Gasteiger partial charge in [-0.05, 0) is 18.4 Å². The fourth-order valence-electron chi connectivity index (χ4n) is 2.86. The number of hydrogen-bond donors (Lipinski definition) is 3. The average Bonchev–Trinajstić information content (AvgIpc) is 3.12. The molecule has 26 heavy (non-hydrogen) atoms. The Labute approximate surface area is 147 Å². The standard InChI is InChI=1S/C17H17N3O6/c21-13-12(16(23)24)18-14(19-15(13)22)11-7-4-8-20(11)17(25)26-9-10-5-2-1-3-6-10/h1-3,5-6,11,21H,4,7-9H2,(H,23,24)(H,18,19,22)/t11-/m1/s1. The lowest BCUT2D eigenvalue weighted by molar-refractivity contribution is 0.0685. The van der Waals surface area contributed by atoms with Gasteiger partial charge in [0.25, 0.3) is 5.56 Å². The van der Waals surface area contributed by atoms with Crippen LogP contribution in [0.4, 0.5) is 4.79 Å². The number of nitrogens with one attached hydrogen (secondary N) is 1. The highest BCUT2D eigenvalue weighted by Gasteiger charge is 2.34. The molecule has 1 aromatic carbocycles. The summed E-state index contributed by atoms with van der Waals surface area (Å²) in [6.45, 7) is 0.494. The first kappa shape index (κ1) is 17.5. The van der Waals surface area contributed by atoms with Gasteiger partial charge in [0, 0.05) is 6.54 Å². The first-order valence-electron chi connectivity index (χ1n) is 8.01. The first-order valence-corrected chi connectivity index (χ1v) is 8.01. The number of ether oxygens (including phenoxy) is 1. The number of benzene rings is 1. The zero-order valence-electron chi connectivity index (χ0n) is 13.7. The second-order valence-corrected chi connectivity index (χ2v) is 5.85. The van der Waals surface area contributed by atoms with Crippen LogP contribution in [-0.2, 0) is 11.3 Å². The van der Waals surface area contributed by atoms with E-state index in [4.69, 9.17) is 9.84 Å². The van der Waals surface area contributed by atoms with Crippen molar-refractivity contribution in [2.24, 2.45) is 0 Å². The zero-order valence-corrected chi connectivity index (χ0v) is 13.7. The smallest absolute Gasteiger partial charge is 0.410 e. The number of aromatic carboxylic acids is 1. The van der Waals surface area contributed by atoms with Gasteiger partial charge in [0.2, 0.25) is 5.75 Å². The maximum absolute atomic E-state index is 12.4. The van der Waals surface area contributed by atoms with E-state index >= 15 is 0 Å². The first-order chi connectivity index (χ1) is 12.5. The number of nitrogens with zero attached hydrogens (tertiary/aromatic N) is 2. The van der Waals surface area contributed by atoms with Crippen LogP contribution in [0.3, 0.4) is 0 Å². The minimum Gasteiger partial charge on any atom is -0.501 e. The van der Waals surface area contributed by atoms with Crippen molar-refractivity contribution in [2.75, 3.05) is 6.54 Å². The molecule has 0 aliphatic carbocycles. The number of carbonyl (C=O) groups is 2. The number of amides is 1. The van der Waals surface area contributed by atoms with Gasteiger partial charge in [0.15, 0.2) is 5.69 Å². The summed E-state index contributed by atoms with van der Waals surface area (Å²) < 4.78 is 5.30. The van der Waals surface area contributed by atoms with E-state index in [1.165, 1.54) is 4.90 Å². The highest BCUT2D eigenvalue weighted by Crippen LogP contribution is 2.30. The average molecular weight is 359 g/mol. The molecule has 9 nitrogen and oxygen atoms in total. The number of rotatable bonds is 4. The maximum Gasteiger partial charge on any atom is 0.410 e. The molecule has 2 heterocycles. The highest BCUT2D eigenvalue weighted by molar-refractivity contribution is 5.88.